The number of halogens is 1. The van der Waals surface area contributed by atoms with E-state index in [1.54, 1.807) is 17.0 Å². The number of benzene rings is 1. The van der Waals surface area contributed by atoms with Gasteiger partial charge in [0.2, 0.25) is 0 Å². The summed E-state index contributed by atoms with van der Waals surface area (Å²) in [7, 11) is 0. The number of piperidine rings is 1. The van der Waals surface area contributed by atoms with Crippen LogP contribution in [0.5, 0.6) is 5.75 Å². The molecule has 0 spiro atoms. The number of likely N-dealkylation sites (tertiary alicyclic amines) is 1. The molecule has 1 aliphatic rings. The summed E-state index contributed by atoms with van der Waals surface area (Å²) in [5.41, 5.74) is 0.970. The molecule has 2 rings (SSSR count). The van der Waals surface area contributed by atoms with Gasteiger partial charge in [-0.25, -0.2) is 4.79 Å². The molecule has 6 heteroatoms. The molecule has 1 saturated heterocycles. The maximum atomic E-state index is 11.8. The number of rotatable bonds is 5. The molecule has 2 N–H and O–H groups in total. The van der Waals surface area contributed by atoms with Gasteiger partial charge in [0.05, 0.1) is 0 Å². The molecule has 5 nitrogen and oxygen atoms in total. The molecule has 0 saturated carbocycles. The summed E-state index contributed by atoms with van der Waals surface area (Å²) < 4.78 is 6.18. The molecule has 116 valence electrons. The minimum Gasteiger partial charge on any atom is -0.508 e. The van der Waals surface area contributed by atoms with Crippen LogP contribution in [-0.4, -0.2) is 42.3 Å². The zero-order valence-corrected chi connectivity index (χ0v) is 13.6. The number of hydrogen-bond donors (Lipinski definition) is 2. The third-order valence-electron chi connectivity index (χ3n) is 3.46. The second-order valence-corrected chi connectivity index (χ2v) is 5.97. The van der Waals surface area contributed by atoms with Crippen LogP contribution in [-0.2, 0) is 11.3 Å². The van der Waals surface area contributed by atoms with Crippen molar-refractivity contribution < 1.29 is 14.6 Å². The zero-order valence-electron chi connectivity index (χ0n) is 12.0. The van der Waals surface area contributed by atoms with Crippen LogP contribution < -0.4 is 5.32 Å². The van der Waals surface area contributed by atoms with Crippen molar-refractivity contribution in [1.82, 2.24) is 10.2 Å². The summed E-state index contributed by atoms with van der Waals surface area (Å²) in [5.74, 6) is 0.242. The Morgan fingerprint density at radius 2 is 2.10 bits per heavy atom. The Morgan fingerprint density at radius 1 is 1.33 bits per heavy atom. The molecule has 0 radical (unpaired) electrons. The highest BCUT2D eigenvalue weighted by Crippen LogP contribution is 2.21. The third-order valence-corrected chi connectivity index (χ3v) is 4.24. The molecular weight excluding hydrogens is 336 g/mol. The fourth-order valence-corrected chi connectivity index (χ4v) is 2.68. The van der Waals surface area contributed by atoms with Crippen LogP contribution in [0.2, 0.25) is 0 Å². The Balaban J connectivity index is 1.63. The lowest BCUT2D eigenvalue weighted by atomic mass is 10.1. The van der Waals surface area contributed by atoms with E-state index in [1.165, 1.54) is 6.42 Å². The van der Waals surface area contributed by atoms with Gasteiger partial charge in [0.25, 0.3) is 0 Å². The predicted molar refractivity (Wildman–Crippen MR) is 84.3 cm³/mol. The van der Waals surface area contributed by atoms with Crippen LogP contribution >= 0.6 is 15.9 Å². The van der Waals surface area contributed by atoms with E-state index < -0.39 is 0 Å². The first-order valence-corrected chi connectivity index (χ1v) is 8.06. The van der Waals surface area contributed by atoms with E-state index in [9.17, 15) is 9.90 Å². The minimum absolute atomic E-state index is 0.213. The third kappa shape index (κ3) is 5.21. The van der Waals surface area contributed by atoms with E-state index in [4.69, 9.17) is 4.74 Å². The summed E-state index contributed by atoms with van der Waals surface area (Å²) in [6.07, 6.45) is 3.12. The van der Waals surface area contributed by atoms with Crippen LogP contribution in [0, 0.1) is 0 Å². The molecule has 1 aliphatic heterocycles. The average Bonchev–Trinajstić information content (AvgIpc) is 2.51. The molecular formula is C15H21BrN2O3. The van der Waals surface area contributed by atoms with Crippen molar-refractivity contribution in [3.8, 4) is 5.75 Å². The number of nitrogens with zero attached hydrogens (tertiary/aromatic N) is 1. The zero-order chi connectivity index (χ0) is 15.1. The standard InChI is InChI=1S/C15H21BrN2O3/c16-14-5-4-13(19)10-12(14)11-17-6-9-21-15(20)18-7-2-1-3-8-18/h4-5,10,17,19H,1-3,6-9,11H2. The predicted octanol–water partition coefficient (Wildman–Crippen LogP) is 2.87. The first-order valence-electron chi connectivity index (χ1n) is 7.26. The Bertz CT molecular complexity index is 476. The average molecular weight is 357 g/mol. The summed E-state index contributed by atoms with van der Waals surface area (Å²) in [4.78, 5) is 13.5. The molecule has 0 atom stereocenters. The van der Waals surface area contributed by atoms with Gasteiger partial charge in [0.1, 0.15) is 12.4 Å². The van der Waals surface area contributed by atoms with Crippen LogP contribution in [0.15, 0.2) is 22.7 Å². The highest BCUT2D eigenvalue weighted by atomic mass is 79.9. The maximum absolute atomic E-state index is 11.8. The Kier molecular flexibility index (Phi) is 6.32. The largest absolute Gasteiger partial charge is 0.508 e. The number of ether oxygens (including phenoxy) is 1. The lowest BCUT2D eigenvalue weighted by Crippen LogP contribution is -2.37. The quantitative estimate of drug-likeness (QED) is 0.796. The molecule has 0 bridgehead atoms. The summed E-state index contributed by atoms with van der Waals surface area (Å²) in [6, 6.07) is 5.15. The Labute approximate surface area is 133 Å². The SMILES string of the molecule is O=C(OCCNCc1cc(O)ccc1Br)N1CCCCC1. The molecule has 1 aromatic rings. The van der Waals surface area contributed by atoms with Gasteiger partial charge in [-0.15, -0.1) is 0 Å². The maximum Gasteiger partial charge on any atom is 0.409 e. The molecule has 1 heterocycles. The Hall–Kier alpha value is -1.27. The second-order valence-electron chi connectivity index (χ2n) is 5.11. The van der Waals surface area contributed by atoms with E-state index in [1.807, 2.05) is 6.07 Å². The fourth-order valence-electron chi connectivity index (χ4n) is 2.30. The molecule has 1 fully saturated rings. The van der Waals surface area contributed by atoms with Crippen molar-refractivity contribution in [3.05, 3.63) is 28.2 Å². The lowest BCUT2D eigenvalue weighted by Gasteiger charge is -2.25. The van der Waals surface area contributed by atoms with Gasteiger partial charge in [-0.3, -0.25) is 0 Å². The first-order chi connectivity index (χ1) is 10.2. The lowest BCUT2D eigenvalue weighted by molar-refractivity contribution is 0.0958. The topological polar surface area (TPSA) is 61.8 Å². The van der Waals surface area contributed by atoms with Gasteiger partial charge in [-0.2, -0.15) is 0 Å². The van der Waals surface area contributed by atoms with Crippen molar-refractivity contribution in [2.45, 2.75) is 25.8 Å². The smallest absolute Gasteiger partial charge is 0.409 e. The first kappa shape index (κ1) is 16.1. The van der Waals surface area contributed by atoms with Crippen molar-refractivity contribution in [2.24, 2.45) is 0 Å². The Morgan fingerprint density at radius 3 is 2.86 bits per heavy atom. The number of hydrogen-bond acceptors (Lipinski definition) is 4. The van der Waals surface area contributed by atoms with Gasteiger partial charge >= 0.3 is 6.09 Å². The van der Waals surface area contributed by atoms with Gasteiger partial charge in [-0.1, -0.05) is 15.9 Å². The molecule has 0 aromatic heterocycles. The number of aromatic hydroxyl groups is 1. The van der Waals surface area contributed by atoms with Crippen molar-refractivity contribution in [2.75, 3.05) is 26.2 Å². The van der Waals surface area contributed by atoms with E-state index in [-0.39, 0.29) is 11.8 Å². The highest BCUT2D eigenvalue weighted by molar-refractivity contribution is 9.10. The van der Waals surface area contributed by atoms with Crippen LogP contribution in [0.4, 0.5) is 4.79 Å². The molecule has 0 aliphatic carbocycles. The number of phenols is 1. The monoisotopic (exact) mass is 356 g/mol. The van der Waals surface area contributed by atoms with E-state index >= 15 is 0 Å². The molecule has 1 aromatic carbocycles. The fraction of sp³-hybridized carbons (Fsp3) is 0.533. The van der Waals surface area contributed by atoms with Gasteiger partial charge in [0, 0.05) is 30.7 Å². The minimum atomic E-state index is -0.213. The highest BCUT2D eigenvalue weighted by Gasteiger charge is 2.17. The molecule has 0 unspecified atom stereocenters. The second kappa shape index (κ2) is 8.24. The number of carbonyl (C=O) groups excluding carboxylic acids is 1. The van der Waals surface area contributed by atoms with Crippen LogP contribution in [0.3, 0.4) is 0 Å². The van der Waals surface area contributed by atoms with E-state index in [2.05, 4.69) is 21.2 Å². The van der Waals surface area contributed by atoms with E-state index in [0.29, 0.717) is 19.7 Å². The van der Waals surface area contributed by atoms with Gasteiger partial charge in [0.15, 0.2) is 0 Å². The number of amides is 1. The number of nitrogens with one attached hydrogen (secondary N) is 1. The molecule has 21 heavy (non-hydrogen) atoms. The van der Waals surface area contributed by atoms with E-state index in [0.717, 1.165) is 36.0 Å². The summed E-state index contributed by atoms with van der Waals surface area (Å²) in [5, 5.41) is 12.6. The summed E-state index contributed by atoms with van der Waals surface area (Å²) >= 11 is 3.43. The van der Waals surface area contributed by atoms with Crippen molar-refractivity contribution >= 4 is 22.0 Å². The number of carbonyl (C=O) groups is 1. The normalized spacial score (nSPS) is 15.0. The molecule has 1 amide bonds. The number of phenolic OH excluding ortho intramolecular Hbond substituents is 1. The van der Waals surface area contributed by atoms with Crippen molar-refractivity contribution in [1.29, 1.82) is 0 Å². The summed E-state index contributed by atoms with van der Waals surface area (Å²) in [6.45, 7) is 3.16. The van der Waals surface area contributed by atoms with Crippen LogP contribution in [0.25, 0.3) is 0 Å². The van der Waals surface area contributed by atoms with Crippen molar-refractivity contribution in [3.63, 3.8) is 0 Å². The van der Waals surface area contributed by atoms with Gasteiger partial charge in [-0.05, 0) is 43.0 Å². The van der Waals surface area contributed by atoms with Gasteiger partial charge < -0.3 is 20.1 Å². The van der Waals surface area contributed by atoms with Crippen LogP contribution in [0.1, 0.15) is 24.8 Å².